The number of ether oxygens (including phenoxy) is 1. The van der Waals surface area contributed by atoms with Gasteiger partial charge in [0.2, 0.25) is 0 Å². The number of carbonyl (C=O) groups excluding carboxylic acids is 1. The Morgan fingerprint density at radius 3 is 2.32 bits per heavy atom. The lowest BCUT2D eigenvalue weighted by Gasteiger charge is -2.34. The van der Waals surface area contributed by atoms with Gasteiger partial charge >= 0.3 is 0 Å². The van der Waals surface area contributed by atoms with Crippen molar-refractivity contribution in [3.63, 3.8) is 0 Å². The van der Waals surface area contributed by atoms with Crippen molar-refractivity contribution < 1.29 is 30.8 Å². The third kappa shape index (κ3) is 5.90. The molecule has 0 saturated carbocycles. The summed E-state index contributed by atoms with van der Waals surface area (Å²) in [4.78, 5) is 21.7. The maximum absolute atomic E-state index is 13.4. The molecule has 0 radical (unpaired) electrons. The molecule has 3 aromatic rings. The summed E-state index contributed by atoms with van der Waals surface area (Å²) in [5.41, 5.74) is 1.14. The fraction of sp³-hybridized carbons (Fsp3) is 0.440. The van der Waals surface area contributed by atoms with Crippen LogP contribution < -0.4 is 9.64 Å². The Morgan fingerprint density at radius 2 is 1.70 bits per heavy atom. The Bertz CT molecular complexity index is 1520. The fourth-order valence-corrected chi connectivity index (χ4v) is 5.50. The molecular formula is C25H31N3O7S2. The lowest BCUT2D eigenvalue weighted by molar-refractivity contribution is 0.0739. The molecule has 1 aliphatic rings. The molecule has 2 aromatic carbocycles. The van der Waals surface area contributed by atoms with Crippen LogP contribution in [0.15, 0.2) is 50.6 Å². The van der Waals surface area contributed by atoms with Crippen molar-refractivity contribution in [2.45, 2.75) is 30.6 Å². The van der Waals surface area contributed by atoms with E-state index >= 15 is 0 Å². The molecule has 37 heavy (non-hydrogen) atoms. The second-order valence-corrected chi connectivity index (χ2v) is 13.7. The Kier molecular flexibility index (Phi) is 7.52. The molecule has 2 heterocycles. The van der Waals surface area contributed by atoms with Gasteiger partial charge in [0.15, 0.2) is 25.3 Å². The Hall–Kier alpha value is -3.12. The minimum Gasteiger partial charge on any atom is -0.492 e. The highest BCUT2D eigenvalue weighted by Gasteiger charge is 2.28. The molecule has 0 unspecified atom stereocenters. The van der Waals surface area contributed by atoms with Crippen LogP contribution >= 0.6 is 0 Å². The number of rotatable bonds is 8. The van der Waals surface area contributed by atoms with E-state index in [1.54, 1.807) is 17.9 Å². The number of fused-ring (bicyclic) bond motifs is 1. The van der Waals surface area contributed by atoms with E-state index in [4.69, 9.17) is 9.15 Å². The maximum atomic E-state index is 13.4. The zero-order valence-electron chi connectivity index (χ0n) is 21.3. The molecule has 12 heteroatoms. The van der Waals surface area contributed by atoms with E-state index in [-0.39, 0.29) is 32.9 Å². The summed E-state index contributed by atoms with van der Waals surface area (Å²) in [5.74, 6) is 0.271. The molecule has 0 aliphatic carbocycles. The SMILES string of the molecule is CCS(=O)(=O)c1ccc2oc(N3CCN(C(=O)c4cc(S(C)(=O)=O)ccc4OCC(C)C)CC3)nc2c1. The third-order valence-corrected chi connectivity index (χ3v) is 8.95. The number of oxazole rings is 1. The van der Waals surface area contributed by atoms with E-state index in [0.717, 1.165) is 6.26 Å². The molecular weight excluding hydrogens is 518 g/mol. The topological polar surface area (TPSA) is 127 Å². The summed E-state index contributed by atoms with van der Waals surface area (Å²) < 4.78 is 60.3. The average molecular weight is 550 g/mol. The highest BCUT2D eigenvalue weighted by Crippen LogP contribution is 2.28. The van der Waals surface area contributed by atoms with Gasteiger partial charge in [-0.05, 0) is 42.3 Å². The highest BCUT2D eigenvalue weighted by molar-refractivity contribution is 7.91. The van der Waals surface area contributed by atoms with Crippen molar-refractivity contribution in [2.75, 3.05) is 49.7 Å². The molecule has 10 nitrogen and oxygen atoms in total. The second kappa shape index (κ2) is 10.3. The summed E-state index contributed by atoms with van der Waals surface area (Å²) in [6.45, 7) is 7.55. The summed E-state index contributed by atoms with van der Waals surface area (Å²) in [6, 6.07) is 9.33. The number of piperazine rings is 1. The van der Waals surface area contributed by atoms with Crippen molar-refractivity contribution in [1.82, 2.24) is 9.88 Å². The molecule has 4 rings (SSSR count). The maximum Gasteiger partial charge on any atom is 0.298 e. The third-order valence-electron chi connectivity index (χ3n) is 6.11. The average Bonchev–Trinajstić information content (AvgIpc) is 3.30. The molecule has 1 amide bonds. The van der Waals surface area contributed by atoms with Crippen molar-refractivity contribution >= 4 is 42.7 Å². The minimum atomic E-state index is -3.50. The first-order chi connectivity index (χ1) is 17.4. The summed E-state index contributed by atoms with van der Waals surface area (Å²) in [6.07, 6.45) is 1.10. The number of hydrogen-bond donors (Lipinski definition) is 0. The van der Waals surface area contributed by atoms with Gasteiger partial charge in [-0.25, -0.2) is 16.8 Å². The molecule has 0 atom stereocenters. The largest absolute Gasteiger partial charge is 0.492 e. The molecule has 1 saturated heterocycles. The molecule has 0 N–H and O–H groups in total. The molecule has 200 valence electrons. The van der Waals surface area contributed by atoms with E-state index in [1.807, 2.05) is 18.7 Å². The number of aromatic nitrogens is 1. The van der Waals surface area contributed by atoms with E-state index < -0.39 is 19.7 Å². The quantitative estimate of drug-likeness (QED) is 0.417. The summed E-state index contributed by atoms with van der Waals surface area (Å²) in [7, 11) is -6.86. The van der Waals surface area contributed by atoms with Crippen LogP contribution in [-0.4, -0.2) is 77.4 Å². The zero-order chi connectivity index (χ0) is 27.0. The number of anilines is 1. The van der Waals surface area contributed by atoms with Crippen molar-refractivity contribution in [3.05, 3.63) is 42.0 Å². The van der Waals surface area contributed by atoms with E-state index in [1.165, 1.54) is 30.3 Å². The van der Waals surface area contributed by atoms with Crippen LogP contribution in [-0.2, 0) is 19.7 Å². The van der Waals surface area contributed by atoms with Crippen LogP contribution in [0.2, 0.25) is 0 Å². The second-order valence-electron chi connectivity index (χ2n) is 9.44. The van der Waals surface area contributed by atoms with Crippen molar-refractivity contribution in [3.8, 4) is 5.75 Å². The first kappa shape index (κ1) is 26.9. The number of hydrogen-bond acceptors (Lipinski definition) is 9. The van der Waals surface area contributed by atoms with Gasteiger partial charge in [0.25, 0.3) is 11.9 Å². The van der Waals surface area contributed by atoms with Crippen molar-refractivity contribution in [2.24, 2.45) is 5.92 Å². The minimum absolute atomic E-state index is 0.00345. The van der Waals surface area contributed by atoms with E-state index in [2.05, 4.69) is 4.98 Å². The van der Waals surface area contributed by atoms with Crippen LogP contribution in [0.1, 0.15) is 31.1 Å². The van der Waals surface area contributed by atoms with Gasteiger partial charge in [0, 0.05) is 32.4 Å². The lowest BCUT2D eigenvalue weighted by Crippen LogP contribution is -2.49. The van der Waals surface area contributed by atoms with Crippen LogP contribution in [0.25, 0.3) is 11.1 Å². The standard InChI is InChI=1S/C25H31N3O7S2/c1-5-37(32,33)19-7-9-23-21(15-19)26-25(35-23)28-12-10-27(11-13-28)24(29)20-14-18(36(4,30)31)6-8-22(20)34-16-17(2)3/h6-9,14-15,17H,5,10-13,16H2,1-4H3. The normalized spacial score (nSPS) is 14.9. The highest BCUT2D eigenvalue weighted by atomic mass is 32.2. The first-order valence-corrected chi connectivity index (χ1v) is 15.6. The van der Waals surface area contributed by atoms with Crippen molar-refractivity contribution in [1.29, 1.82) is 0 Å². The van der Waals surface area contributed by atoms with Crippen LogP contribution in [0.4, 0.5) is 6.01 Å². The summed E-state index contributed by atoms with van der Waals surface area (Å²) >= 11 is 0. The van der Waals surface area contributed by atoms with Gasteiger partial charge in [0.05, 0.1) is 27.7 Å². The number of sulfone groups is 2. The van der Waals surface area contributed by atoms with Gasteiger partial charge < -0.3 is 19.0 Å². The molecule has 1 aromatic heterocycles. The van der Waals surface area contributed by atoms with E-state index in [0.29, 0.717) is 55.6 Å². The Morgan fingerprint density at radius 1 is 1.03 bits per heavy atom. The van der Waals surface area contributed by atoms with E-state index in [9.17, 15) is 21.6 Å². The number of nitrogens with zero attached hydrogens (tertiary/aromatic N) is 3. The molecule has 0 spiro atoms. The number of carbonyl (C=O) groups is 1. The summed E-state index contributed by atoms with van der Waals surface area (Å²) in [5, 5.41) is 0. The number of amides is 1. The van der Waals surface area contributed by atoms with Gasteiger partial charge in [0.1, 0.15) is 11.3 Å². The van der Waals surface area contributed by atoms with Crippen LogP contribution in [0.3, 0.4) is 0 Å². The smallest absolute Gasteiger partial charge is 0.298 e. The van der Waals surface area contributed by atoms with Crippen LogP contribution in [0, 0.1) is 5.92 Å². The Labute approximate surface area is 217 Å². The monoisotopic (exact) mass is 549 g/mol. The van der Waals surface area contributed by atoms with Crippen LogP contribution in [0.5, 0.6) is 5.75 Å². The first-order valence-electron chi connectivity index (χ1n) is 12.0. The predicted molar refractivity (Wildman–Crippen MR) is 140 cm³/mol. The lowest BCUT2D eigenvalue weighted by atomic mass is 10.1. The number of benzene rings is 2. The fourth-order valence-electron chi connectivity index (χ4n) is 3.95. The van der Waals surface area contributed by atoms with Gasteiger partial charge in [-0.2, -0.15) is 4.98 Å². The molecule has 1 aliphatic heterocycles. The zero-order valence-corrected chi connectivity index (χ0v) is 22.9. The van der Waals surface area contributed by atoms with Gasteiger partial charge in [-0.15, -0.1) is 0 Å². The van der Waals surface area contributed by atoms with Gasteiger partial charge in [-0.3, -0.25) is 4.79 Å². The van der Waals surface area contributed by atoms with Gasteiger partial charge in [-0.1, -0.05) is 20.8 Å². The molecule has 1 fully saturated rings. The predicted octanol–water partition coefficient (Wildman–Crippen LogP) is 3.02. The Balaban J connectivity index is 1.52. The molecule has 0 bridgehead atoms.